The first kappa shape index (κ1) is 16.7. The van der Waals surface area contributed by atoms with E-state index in [4.69, 9.17) is 0 Å². The SMILES string of the molecule is CCC(NCC(C)(C)CN(C)C)c1ccc(Br)cc1. The molecule has 0 saturated carbocycles. The first-order valence-electron chi connectivity index (χ1n) is 6.97. The van der Waals surface area contributed by atoms with Gasteiger partial charge >= 0.3 is 0 Å². The molecule has 1 N–H and O–H groups in total. The van der Waals surface area contributed by atoms with Gasteiger partial charge in [-0.25, -0.2) is 0 Å². The summed E-state index contributed by atoms with van der Waals surface area (Å²) in [5.74, 6) is 0. The number of nitrogens with zero attached hydrogens (tertiary/aromatic N) is 1. The largest absolute Gasteiger partial charge is 0.309 e. The quantitative estimate of drug-likeness (QED) is 0.812. The lowest BCUT2D eigenvalue weighted by molar-refractivity contribution is 0.224. The first-order chi connectivity index (χ1) is 8.84. The normalized spacial score (nSPS) is 13.8. The zero-order valence-electron chi connectivity index (χ0n) is 12.8. The summed E-state index contributed by atoms with van der Waals surface area (Å²) < 4.78 is 1.14. The van der Waals surface area contributed by atoms with Crippen molar-refractivity contribution in [3.05, 3.63) is 34.3 Å². The second-order valence-corrected chi connectivity index (χ2v) is 7.21. The molecule has 0 amide bonds. The molecule has 2 nitrogen and oxygen atoms in total. The molecule has 1 unspecified atom stereocenters. The zero-order valence-corrected chi connectivity index (χ0v) is 14.4. The number of nitrogens with one attached hydrogen (secondary N) is 1. The number of hydrogen-bond acceptors (Lipinski definition) is 2. The van der Waals surface area contributed by atoms with Crippen LogP contribution in [-0.2, 0) is 0 Å². The Labute approximate surface area is 126 Å². The molecule has 0 saturated heterocycles. The van der Waals surface area contributed by atoms with Crippen molar-refractivity contribution >= 4 is 15.9 Å². The van der Waals surface area contributed by atoms with Crippen molar-refractivity contribution in [2.24, 2.45) is 5.41 Å². The number of benzene rings is 1. The molecule has 0 aliphatic heterocycles. The molecule has 0 aliphatic rings. The van der Waals surface area contributed by atoms with Gasteiger partial charge in [-0.3, -0.25) is 0 Å². The summed E-state index contributed by atoms with van der Waals surface area (Å²) in [7, 11) is 4.27. The van der Waals surface area contributed by atoms with E-state index < -0.39 is 0 Å². The van der Waals surface area contributed by atoms with E-state index in [1.54, 1.807) is 0 Å². The summed E-state index contributed by atoms with van der Waals surface area (Å²) in [4.78, 5) is 2.25. The third kappa shape index (κ3) is 6.07. The Morgan fingerprint density at radius 2 is 1.79 bits per heavy atom. The van der Waals surface area contributed by atoms with E-state index in [1.165, 1.54) is 5.56 Å². The van der Waals surface area contributed by atoms with Crippen molar-refractivity contribution in [2.75, 3.05) is 27.2 Å². The first-order valence-corrected chi connectivity index (χ1v) is 7.77. The average Bonchev–Trinajstić information content (AvgIpc) is 2.30. The predicted molar refractivity (Wildman–Crippen MR) is 87.5 cm³/mol. The van der Waals surface area contributed by atoms with Crippen LogP contribution >= 0.6 is 15.9 Å². The van der Waals surface area contributed by atoms with Crippen molar-refractivity contribution in [3.63, 3.8) is 0 Å². The van der Waals surface area contributed by atoms with Crippen molar-refractivity contribution in [3.8, 4) is 0 Å². The van der Waals surface area contributed by atoms with Gasteiger partial charge < -0.3 is 10.2 Å². The Bertz CT molecular complexity index is 371. The van der Waals surface area contributed by atoms with Crippen LogP contribution in [0.1, 0.15) is 38.8 Å². The molecule has 3 heteroatoms. The van der Waals surface area contributed by atoms with Gasteiger partial charge in [0.05, 0.1) is 0 Å². The van der Waals surface area contributed by atoms with Crippen LogP contribution in [0.4, 0.5) is 0 Å². The van der Waals surface area contributed by atoms with Crippen molar-refractivity contribution in [2.45, 2.75) is 33.2 Å². The molecule has 108 valence electrons. The monoisotopic (exact) mass is 326 g/mol. The fourth-order valence-electron chi connectivity index (χ4n) is 2.50. The summed E-state index contributed by atoms with van der Waals surface area (Å²) in [6.45, 7) is 8.98. The standard InChI is InChI=1S/C16H27BrN2/c1-6-15(13-7-9-14(17)10-8-13)18-11-16(2,3)12-19(4)5/h7-10,15,18H,6,11-12H2,1-5H3. The van der Waals surface area contributed by atoms with Crippen LogP contribution in [0.25, 0.3) is 0 Å². The number of halogens is 1. The molecule has 19 heavy (non-hydrogen) atoms. The van der Waals surface area contributed by atoms with E-state index in [-0.39, 0.29) is 5.41 Å². The number of hydrogen-bond donors (Lipinski definition) is 1. The van der Waals surface area contributed by atoms with Gasteiger partial charge in [0.2, 0.25) is 0 Å². The van der Waals surface area contributed by atoms with E-state index >= 15 is 0 Å². The smallest absolute Gasteiger partial charge is 0.0317 e. The summed E-state index contributed by atoms with van der Waals surface area (Å²) in [5, 5.41) is 3.71. The van der Waals surface area contributed by atoms with Crippen LogP contribution in [0.15, 0.2) is 28.7 Å². The Hall–Kier alpha value is -0.380. The summed E-state index contributed by atoms with van der Waals surface area (Å²) >= 11 is 3.49. The molecule has 0 heterocycles. The van der Waals surface area contributed by atoms with Gasteiger partial charge in [0.15, 0.2) is 0 Å². The third-order valence-corrected chi connectivity index (χ3v) is 3.78. The molecule has 0 aliphatic carbocycles. The van der Waals surface area contributed by atoms with Crippen LogP contribution in [0.2, 0.25) is 0 Å². The fraction of sp³-hybridized carbons (Fsp3) is 0.625. The summed E-state index contributed by atoms with van der Waals surface area (Å²) in [6.07, 6.45) is 1.11. The van der Waals surface area contributed by atoms with Gasteiger partial charge in [-0.15, -0.1) is 0 Å². The predicted octanol–water partition coefficient (Wildman–Crippen LogP) is 4.08. The molecule has 1 atom stereocenters. The highest BCUT2D eigenvalue weighted by molar-refractivity contribution is 9.10. The highest BCUT2D eigenvalue weighted by Gasteiger charge is 2.20. The van der Waals surface area contributed by atoms with Crippen LogP contribution in [-0.4, -0.2) is 32.1 Å². The zero-order chi connectivity index (χ0) is 14.5. The number of rotatable bonds is 7. The van der Waals surface area contributed by atoms with Crippen molar-refractivity contribution in [1.82, 2.24) is 10.2 Å². The van der Waals surface area contributed by atoms with Crippen LogP contribution in [0.5, 0.6) is 0 Å². The third-order valence-electron chi connectivity index (χ3n) is 3.25. The molecule has 0 spiro atoms. The van der Waals surface area contributed by atoms with Gasteiger partial charge in [0.1, 0.15) is 0 Å². The second kappa shape index (κ2) is 7.41. The topological polar surface area (TPSA) is 15.3 Å². The lowest BCUT2D eigenvalue weighted by Crippen LogP contribution is -2.38. The van der Waals surface area contributed by atoms with Crippen LogP contribution in [0.3, 0.4) is 0 Å². The fourth-order valence-corrected chi connectivity index (χ4v) is 2.77. The highest BCUT2D eigenvalue weighted by atomic mass is 79.9. The Morgan fingerprint density at radius 1 is 1.21 bits per heavy atom. The lowest BCUT2D eigenvalue weighted by atomic mass is 9.92. The van der Waals surface area contributed by atoms with Gasteiger partial charge in [0.25, 0.3) is 0 Å². The molecule has 0 bridgehead atoms. The average molecular weight is 327 g/mol. The molecular weight excluding hydrogens is 300 g/mol. The van der Waals surface area contributed by atoms with Crippen molar-refractivity contribution < 1.29 is 0 Å². The minimum atomic E-state index is 0.284. The Balaban J connectivity index is 2.60. The molecule has 1 rings (SSSR count). The molecule has 0 radical (unpaired) electrons. The maximum Gasteiger partial charge on any atom is 0.0317 e. The molecular formula is C16H27BrN2. The van der Waals surface area contributed by atoms with E-state index in [2.05, 4.69) is 85.3 Å². The summed E-state index contributed by atoms with van der Waals surface area (Å²) in [5.41, 5.74) is 1.65. The van der Waals surface area contributed by atoms with Gasteiger partial charge in [0, 0.05) is 23.6 Å². The molecule has 1 aromatic rings. The van der Waals surface area contributed by atoms with E-state index in [9.17, 15) is 0 Å². The maximum absolute atomic E-state index is 3.71. The Morgan fingerprint density at radius 3 is 2.26 bits per heavy atom. The summed E-state index contributed by atoms with van der Waals surface area (Å²) in [6, 6.07) is 9.07. The molecule has 0 fully saturated rings. The second-order valence-electron chi connectivity index (χ2n) is 6.30. The Kier molecular flexibility index (Phi) is 6.51. The van der Waals surface area contributed by atoms with Crippen LogP contribution in [0, 0.1) is 5.41 Å². The van der Waals surface area contributed by atoms with Gasteiger partial charge in [-0.1, -0.05) is 48.8 Å². The molecule has 1 aromatic carbocycles. The minimum Gasteiger partial charge on any atom is -0.309 e. The van der Waals surface area contributed by atoms with E-state index in [0.717, 1.165) is 24.0 Å². The van der Waals surface area contributed by atoms with E-state index in [0.29, 0.717) is 6.04 Å². The van der Waals surface area contributed by atoms with Gasteiger partial charge in [-0.05, 0) is 43.6 Å². The lowest BCUT2D eigenvalue weighted by Gasteiger charge is -2.31. The maximum atomic E-state index is 3.71. The highest BCUT2D eigenvalue weighted by Crippen LogP contribution is 2.22. The van der Waals surface area contributed by atoms with Gasteiger partial charge in [-0.2, -0.15) is 0 Å². The van der Waals surface area contributed by atoms with Crippen LogP contribution < -0.4 is 5.32 Å². The minimum absolute atomic E-state index is 0.284. The van der Waals surface area contributed by atoms with E-state index in [1.807, 2.05) is 0 Å². The van der Waals surface area contributed by atoms with Crippen molar-refractivity contribution in [1.29, 1.82) is 0 Å². The molecule has 0 aromatic heterocycles.